The van der Waals surface area contributed by atoms with Gasteiger partial charge in [0.25, 0.3) is 0 Å². The van der Waals surface area contributed by atoms with Gasteiger partial charge in [-0.2, -0.15) is 0 Å². The lowest BCUT2D eigenvalue weighted by atomic mass is 9.96. The fourth-order valence-electron chi connectivity index (χ4n) is 2.22. The number of rotatable bonds is 2. The van der Waals surface area contributed by atoms with E-state index in [0.717, 1.165) is 19.5 Å². The molecular formula is C13H18N2O. The van der Waals surface area contributed by atoms with Crippen molar-refractivity contribution in [1.29, 1.82) is 0 Å². The second-order valence-corrected chi connectivity index (χ2v) is 4.35. The topological polar surface area (TPSA) is 32.3 Å². The molecule has 0 aromatic heterocycles. The Labute approximate surface area is 96.5 Å². The lowest BCUT2D eigenvalue weighted by molar-refractivity contribution is -0.121. The van der Waals surface area contributed by atoms with Crippen molar-refractivity contribution in [3.8, 4) is 0 Å². The van der Waals surface area contributed by atoms with Crippen LogP contribution in [0.25, 0.3) is 0 Å². The van der Waals surface area contributed by atoms with Gasteiger partial charge < -0.3 is 5.32 Å². The number of likely N-dealkylation sites (N-methyl/N-ethyl adjacent to an activating group) is 1. The SMILES string of the molecule is CNC(=O)CN1CCc2cccc(C)c2C1. The van der Waals surface area contributed by atoms with Crippen molar-refractivity contribution in [2.75, 3.05) is 20.1 Å². The van der Waals surface area contributed by atoms with Crippen molar-refractivity contribution in [3.05, 3.63) is 34.9 Å². The maximum absolute atomic E-state index is 11.3. The van der Waals surface area contributed by atoms with E-state index in [1.165, 1.54) is 16.7 Å². The van der Waals surface area contributed by atoms with Crippen LogP contribution in [0.15, 0.2) is 18.2 Å². The van der Waals surface area contributed by atoms with Crippen LogP contribution < -0.4 is 5.32 Å². The largest absolute Gasteiger partial charge is 0.358 e. The zero-order valence-corrected chi connectivity index (χ0v) is 9.92. The molecule has 0 aliphatic carbocycles. The molecule has 1 aromatic carbocycles. The average Bonchev–Trinajstić information content (AvgIpc) is 2.30. The van der Waals surface area contributed by atoms with E-state index < -0.39 is 0 Å². The summed E-state index contributed by atoms with van der Waals surface area (Å²) in [5.41, 5.74) is 4.17. The van der Waals surface area contributed by atoms with E-state index in [-0.39, 0.29) is 5.91 Å². The molecule has 1 heterocycles. The molecule has 0 unspecified atom stereocenters. The van der Waals surface area contributed by atoms with Gasteiger partial charge in [-0.3, -0.25) is 9.69 Å². The Bertz CT molecular complexity index is 401. The maximum atomic E-state index is 11.3. The number of hydrogen-bond donors (Lipinski definition) is 1. The Morgan fingerprint density at radius 1 is 1.50 bits per heavy atom. The first kappa shape index (κ1) is 11.1. The molecule has 3 heteroatoms. The summed E-state index contributed by atoms with van der Waals surface area (Å²) in [7, 11) is 1.69. The summed E-state index contributed by atoms with van der Waals surface area (Å²) >= 11 is 0. The van der Waals surface area contributed by atoms with E-state index >= 15 is 0 Å². The molecule has 0 saturated heterocycles. The molecule has 0 saturated carbocycles. The van der Waals surface area contributed by atoms with Crippen LogP contribution in [-0.4, -0.2) is 30.9 Å². The molecule has 0 bridgehead atoms. The van der Waals surface area contributed by atoms with Gasteiger partial charge in [0, 0.05) is 20.1 Å². The predicted octanol–water partition coefficient (Wildman–Crippen LogP) is 1.10. The fourth-order valence-corrected chi connectivity index (χ4v) is 2.22. The molecular weight excluding hydrogens is 200 g/mol. The van der Waals surface area contributed by atoms with E-state index in [0.29, 0.717) is 6.54 Å². The smallest absolute Gasteiger partial charge is 0.233 e. The third kappa shape index (κ3) is 2.25. The molecule has 16 heavy (non-hydrogen) atoms. The number of fused-ring (bicyclic) bond motifs is 1. The van der Waals surface area contributed by atoms with Crippen LogP contribution in [0.3, 0.4) is 0 Å². The van der Waals surface area contributed by atoms with E-state index in [4.69, 9.17) is 0 Å². The third-order valence-electron chi connectivity index (χ3n) is 3.23. The predicted molar refractivity (Wildman–Crippen MR) is 64.2 cm³/mol. The molecule has 3 nitrogen and oxygen atoms in total. The molecule has 0 spiro atoms. The number of carbonyl (C=O) groups is 1. The van der Waals surface area contributed by atoms with Gasteiger partial charge in [0.15, 0.2) is 0 Å². The molecule has 0 radical (unpaired) electrons. The summed E-state index contributed by atoms with van der Waals surface area (Å²) in [6, 6.07) is 6.45. The van der Waals surface area contributed by atoms with Crippen molar-refractivity contribution in [2.45, 2.75) is 19.9 Å². The lowest BCUT2D eigenvalue weighted by Gasteiger charge is -2.29. The van der Waals surface area contributed by atoms with Gasteiger partial charge in [0.05, 0.1) is 6.54 Å². The monoisotopic (exact) mass is 218 g/mol. The van der Waals surface area contributed by atoms with Gasteiger partial charge in [-0.15, -0.1) is 0 Å². The Kier molecular flexibility index (Phi) is 3.25. The molecule has 1 amide bonds. The Balaban J connectivity index is 2.11. The van der Waals surface area contributed by atoms with Crippen molar-refractivity contribution in [2.24, 2.45) is 0 Å². The molecule has 1 N–H and O–H groups in total. The minimum atomic E-state index is 0.0945. The van der Waals surface area contributed by atoms with E-state index in [1.54, 1.807) is 7.05 Å². The number of benzene rings is 1. The standard InChI is InChI=1S/C13H18N2O/c1-10-4-3-5-11-6-7-15(8-12(10)11)9-13(16)14-2/h3-5H,6-9H2,1-2H3,(H,14,16). The van der Waals surface area contributed by atoms with Gasteiger partial charge in [-0.1, -0.05) is 18.2 Å². The summed E-state index contributed by atoms with van der Waals surface area (Å²) in [5.74, 6) is 0.0945. The minimum Gasteiger partial charge on any atom is -0.358 e. The molecule has 1 aliphatic heterocycles. The highest BCUT2D eigenvalue weighted by Gasteiger charge is 2.18. The summed E-state index contributed by atoms with van der Waals surface area (Å²) < 4.78 is 0. The van der Waals surface area contributed by atoms with Gasteiger partial charge in [0.1, 0.15) is 0 Å². The van der Waals surface area contributed by atoms with Crippen molar-refractivity contribution < 1.29 is 4.79 Å². The van der Waals surface area contributed by atoms with Crippen LogP contribution in [0.4, 0.5) is 0 Å². The summed E-state index contributed by atoms with van der Waals surface area (Å²) in [5, 5.41) is 2.67. The van der Waals surface area contributed by atoms with Crippen molar-refractivity contribution in [1.82, 2.24) is 10.2 Å². The first-order chi connectivity index (χ1) is 7.70. The zero-order chi connectivity index (χ0) is 11.5. The van der Waals surface area contributed by atoms with Gasteiger partial charge in [0.2, 0.25) is 5.91 Å². The third-order valence-corrected chi connectivity index (χ3v) is 3.23. The van der Waals surface area contributed by atoms with Crippen LogP contribution >= 0.6 is 0 Å². The van der Waals surface area contributed by atoms with Crippen LogP contribution in [-0.2, 0) is 17.8 Å². The highest BCUT2D eigenvalue weighted by atomic mass is 16.1. The minimum absolute atomic E-state index is 0.0945. The molecule has 1 aliphatic rings. The van der Waals surface area contributed by atoms with Gasteiger partial charge in [-0.25, -0.2) is 0 Å². The second kappa shape index (κ2) is 4.66. The number of nitrogens with one attached hydrogen (secondary N) is 1. The second-order valence-electron chi connectivity index (χ2n) is 4.35. The normalized spacial score (nSPS) is 15.6. The van der Waals surface area contributed by atoms with Crippen LogP contribution in [0, 0.1) is 6.92 Å². The molecule has 2 rings (SSSR count). The first-order valence-electron chi connectivity index (χ1n) is 5.71. The molecule has 86 valence electrons. The maximum Gasteiger partial charge on any atom is 0.233 e. The van der Waals surface area contributed by atoms with Crippen LogP contribution in [0.5, 0.6) is 0 Å². The van der Waals surface area contributed by atoms with E-state index in [1.807, 2.05) is 0 Å². The Morgan fingerprint density at radius 2 is 2.31 bits per heavy atom. The first-order valence-corrected chi connectivity index (χ1v) is 5.71. The highest BCUT2D eigenvalue weighted by Crippen LogP contribution is 2.21. The number of carbonyl (C=O) groups excluding carboxylic acids is 1. The Hall–Kier alpha value is -1.35. The van der Waals surface area contributed by atoms with Gasteiger partial charge >= 0.3 is 0 Å². The van der Waals surface area contributed by atoms with Crippen molar-refractivity contribution in [3.63, 3.8) is 0 Å². The van der Waals surface area contributed by atoms with Crippen LogP contribution in [0.2, 0.25) is 0 Å². The average molecular weight is 218 g/mol. The van der Waals surface area contributed by atoms with E-state index in [9.17, 15) is 4.79 Å². The van der Waals surface area contributed by atoms with E-state index in [2.05, 4.69) is 35.3 Å². The number of nitrogens with zero attached hydrogens (tertiary/aromatic N) is 1. The molecule has 1 aromatic rings. The molecule has 0 atom stereocenters. The number of aryl methyl sites for hydroxylation is 1. The summed E-state index contributed by atoms with van der Waals surface area (Å²) in [4.78, 5) is 13.5. The summed E-state index contributed by atoms with van der Waals surface area (Å²) in [6.45, 7) is 4.52. The summed E-state index contributed by atoms with van der Waals surface area (Å²) in [6.07, 6.45) is 1.05. The van der Waals surface area contributed by atoms with Gasteiger partial charge in [-0.05, 0) is 30.0 Å². The fraction of sp³-hybridized carbons (Fsp3) is 0.462. The van der Waals surface area contributed by atoms with Crippen molar-refractivity contribution >= 4 is 5.91 Å². The number of hydrogen-bond acceptors (Lipinski definition) is 2. The zero-order valence-electron chi connectivity index (χ0n) is 9.92. The highest BCUT2D eigenvalue weighted by molar-refractivity contribution is 5.77. The van der Waals surface area contributed by atoms with Crippen LogP contribution in [0.1, 0.15) is 16.7 Å². The quantitative estimate of drug-likeness (QED) is 0.806. The number of amides is 1. The Morgan fingerprint density at radius 3 is 3.06 bits per heavy atom. The molecule has 0 fully saturated rings. The lowest BCUT2D eigenvalue weighted by Crippen LogP contribution is -2.38.